The average Bonchev–Trinajstić information content (AvgIpc) is 2.15. The van der Waals surface area contributed by atoms with Crippen molar-refractivity contribution in [3.63, 3.8) is 0 Å². The van der Waals surface area contributed by atoms with Gasteiger partial charge in [0.1, 0.15) is 63.4 Å². The van der Waals surface area contributed by atoms with Crippen LogP contribution in [0.5, 0.6) is 5.95 Å². The zero-order chi connectivity index (χ0) is 83.3. The number of benzene rings is 6. The largest absolute Gasteiger partial charge is 0.504 e. The number of methoxy groups -OCH3 is 1. The highest BCUT2D eigenvalue weighted by Gasteiger charge is 2.35. The molecule has 0 spiro atoms. The predicted molar refractivity (Wildman–Crippen MR) is 437 cm³/mol. The fourth-order valence-corrected chi connectivity index (χ4v) is 9.87. The molecule has 116 heavy (non-hydrogen) atoms. The summed E-state index contributed by atoms with van der Waals surface area (Å²) in [7, 11) is 1.59. The van der Waals surface area contributed by atoms with Crippen molar-refractivity contribution in [1.29, 1.82) is 0 Å². The van der Waals surface area contributed by atoms with Gasteiger partial charge >= 0.3 is 24.0 Å². The van der Waals surface area contributed by atoms with E-state index in [1.165, 1.54) is 38.2 Å². The van der Waals surface area contributed by atoms with Gasteiger partial charge in [0, 0.05) is 117 Å². The molecule has 1 saturated heterocycles. The van der Waals surface area contributed by atoms with Crippen LogP contribution in [-0.2, 0) is 47.8 Å². The number of amides is 2. The first-order valence-electron chi connectivity index (χ1n) is 35.8. The van der Waals surface area contributed by atoms with E-state index < -0.39 is 29.9 Å². The molecule has 0 saturated carbocycles. The lowest BCUT2D eigenvalue weighted by Gasteiger charge is -2.03. The normalized spacial score (nSPS) is 13.5. The zero-order valence-corrected chi connectivity index (χ0v) is 64.2. The molecule has 25 nitrogen and oxygen atoms in total. The van der Waals surface area contributed by atoms with Crippen LogP contribution < -0.4 is 4.74 Å². The molecule has 3 aliphatic heterocycles. The number of imide groups is 1. The van der Waals surface area contributed by atoms with E-state index in [0.717, 1.165) is 55.6 Å². The number of carbonyl (C=O) groups excluding carboxylic acids is 7. The number of aliphatic hydroxyl groups excluding tert-OH is 2. The Morgan fingerprint density at radius 2 is 0.716 bits per heavy atom. The van der Waals surface area contributed by atoms with E-state index in [1.54, 1.807) is 102 Å². The molecule has 3 N–H and O–H groups in total. The van der Waals surface area contributed by atoms with Crippen molar-refractivity contribution < 1.29 is 99.1 Å². The van der Waals surface area contributed by atoms with Crippen molar-refractivity contribution >= 4 is 89.7 Å². The number of furan rings is 6. The molecule has 9 heterocycles. The second-order valence-electron chi connectivity index (χ2n) is 24.0. The zero-order valence-electron chi connectivity index (χ0n) is 64.2. The summed E-state index contributed by atoms with van der Waals surface area (Å²) in [4.78, 5) is 98.6. The van der Waals surface area contributed by atoms with Gasteiger partial charge in [0.2, 0.25) is 11.8 Å². The standard InChI is InChI=1S/C16H13NO4.2C15H11NO3.2C14H12O3.C11H10O2.C3H5NO.C3H6O2/c1-2-17-15(18)14(21-16(17)19)10-12-8-9-13(20-12)11-6-4-3-5-7-11;2*1-10-16-13(15(17)18-10)9-12-7-8-14(19-12)11-5-3-2-4-6-11;2*1-10(15)13(16)9-12-7-8-14(17-12)11-5-3-2-4-6-11;1-12-11-8-7-10(13-11)9-5-3-2-4-6-9;1-2-4-3-5;1-2-3(4)5/h3-10H,2H2,1H3;2*2-9H,1H3;2*2-9,16H,1H3;2-8H,1H3;2H2,1H3;2H2,1H3,(H,4,5)/b14-10-;2*13-9+;2*13-9-;;;. The van der Waals surface area contributed by atoms with Crippen LogP contribution in [0.3, 0.4) is 0 Å². The first kappa shape index (κ1) is 86.1. The van der Waals surface area contributed by atoms with E-state index in [9.17, 15) is 43.8 Å². The lowest BCUT2D eigenvalue weighted by atomic mass is 10.2. The van der Waals surface area contributed by atoms with Crippen molar-refractivity contribution in [2.45, 2.75) is 54.9 Å². The van der Waals surface area contributed by atoms with Crippen LogP contribution in [0.25, 0.3) is 98.3 Å². The van der Waals surface area contributed by atoms with Crippen LogP contribution in [0.2, 0.25) is 0 Å². The molecule has 2 amide bonds. The van der Waals surface area contributed by atoms with Crippen molar-refractivity contribution in [1.82, 2.24) is 4.90 Å². The molecule has 0 atom stereocenters. The van der Waals surface area contributed by atoms with Crippen molar-refractivity contribution in [3.05, 3.63) is 312 Å². The van der Waals surface area contributed by atoms with Gasteiger partial charge in [-0.2, -0.15) is 0 Å². The third-order valence-corrected chi connectivity index (χ3v) is 15.5. The van der Waals surface area contributed by atoms with Crippen LogP contribution in [0.1, 0.15) is 83.7 Å². The summed E-state index contributed by atoms with van der Waals surface area (Å²) in [5.41, 5.74) is 6.39. The summed E-state index contributed by atoms with van der Waals surface area (Å²) < 4.78 is 52.9. The molecule has 6 aromatic heterocycles. The maximum absolute atomic E-state index is 11.9. The SMILES string of the molecule is CC(=O)/C(O)=C/c1ccc(-c2ccccc2)o1.CC(=O)/C(O)=C/c1ccc(-c2ccccc2)o1.CC1=N/C(=C/c2ccc(-c3ccccc3)o2)C(=O)O1.CC1=N/C(=C/c2ccc(-c3ccccc3)o2)C(=O)O1.CCC(=O)O.CCN1C(=O)O/C(=C\c2ccc(-c3ccccc3)o2)C1=O.CCN=C=O.COc1ccc(-c2ccccc2)o1. The van der Waals surface area contributed by atoms with E-state index >= 15 is 0 Å². The Kier molecular flexibility index (Phi) is 32.9. The molecule has 15 rings (SSSR count). The van der Waals surface area contributed by atoms with Crippen LogP contribution in [0.4, 0.5) is 4.79 Å². The van der Waals surface area contributed by atoms with Crippen molar-refractivity contribution in [2.75, 3.05) is 20.2 Å². The number of carboxylic acids is 1. The Bertz CT molecular complexity index is 5320. The summed E-state index contributed by atoms with van der Waals surface area (Å²) in [6, 6.07) is 79.8. The summed E-state index contributed by atoms with van der Waals surface area (Å²) in [6.45, 7) is 11.8. The lowest BCUT2D eigenvalue weighted by Crippen LogP contribution is -2.28. The van der Waals surface area contributed by atoms with E-state index in [0.29, 0.717) is 70.4 Å². The van der Waals surface area contributed by atoms with E-state index in [-0.39, 0.29) is 53.2 Å². The number of aliphatic hydroxyl groups is 2. The van der Waals surface area contributed by atoms with E-state index in [2.05, 4.69) is 15.0 Å². The average molecular weight is 1570 g/mol. The highest BCUT2D eigenvalue weighted by Crippen LogP contribution is 2.31. The van der Waals surface area contributed by atoms with Crippen LogP contribution >= 0.6 is 0 Å². The van der Waals surface area contributed by atoms with Gasteiger partial charge in [0.25, 0.3) is 11.9 Å². The van der Waals surface area contributed by atoms with E-state index in [4.69, 9.17) is 55.4 Å². The number of rotatable bonds is 17. The monoisotopic (exact) mass is 1560 g/mol. The van der Waals surface area contributed by atoms with Gasteiger partial charge in [-0.1, -0.05) is 189 Å². The molecule has 6 aromatic carbocycles. The van der Waals surface area contributed by atoms with Gasteiger partial charge in [-0.3, -0.25) is 19.2 Å². The molecular weight excluding hydrogens is 1490 g/mol. The number of hydrogen-bond donors (Lipinski definition) is 3. The first-order valence-corrected chi connectivity index (χ1v) is 35.8. The number of Topliss-reactive ketones (excluding diaryl/α,β-unsaturated/α-hetero) is 2. The van der Waals surface area contributed by atoms with Gasteiger partial charge in [0.15, 0.2) is 46.3 Å². The van der Waals surface area contributed by atoms with Crippen molar-refractivity contribution in [3.8, 4) is 73.9 Å². The third kappa shape index (κ3) is 26.9. The first-order chi connectivity index (χ1) is 56.0. The molecule has 0 bridgehead atoms. The molecule has 3 aliphatic rings. The van der Waals surface area contributed by atoms with Gasteiger partial charge in [-0.15, -0.1) is 0 Å². The summed E-state index contributed by atoms with van der Waals surface area (Å²) in [5, 5.41) is 26.3. The van der Waals surface area contributed by atoms with Gasteiger partial charge < -0.3 is 60.8 Å². The number of nitrogens with zero attached hydrogens (tertiary/aromatic N) is 4. The number of likely N-dealkylation sites (N-methyl/N-ethyl adjacent to an activating group) is 1. The number of aliphatic imine (C=N–C) groups is 3. The molecule has 590 valence electrons. The molecule has 0 radical (unpaired) electrons. The Balaban J connectivity index is 0.000000170. The smallest absolute Gasteiger partial charge is 0.422 e. The van der Waals surface area contributed by atoms with Gasteiger partial charge in [0.05, 0.1) is 7.11 Å². The van der Waals surface area contributed by atoms with Crippen LogP contribution in [0, 0.1) is 0 Å². The van der Waals surface area contributed by atoms with Gasteiger partial charge in [-0.25, -0.2) is 39.1 Å². The lowest BCUT2D eigenvalue weighted by molar-refractivity contribution is -0.136. The van der Waals surface area contributed by atoms with Crippen LogP contribution in [0.15, 0.2) is 325 Å². The third-order valence-electron chi connectivity index (χ3n) is 15.5. The van der Waals surface area contributed by atoms with Gasteiger partial charge in [-0.05, 0) is 80.6 Å². The second-order valence-corrected chi connectivity index (χ2v) is 24.0. The topological polar surface area (TPSA) is 353 Å². The maximum Gasteiger partial charge on any atom is 0.422 e. The predicted octanol–water partition coefficient (Wildman–Crippen LogP) is 20.5. The molecule has 0 aliphatic carbocycles. The Hall–Kier alpha value is -15.5. The molecule has 0 unspecified atom stereocenters. The fraction of sp³-hybridized carbons (Fsp3) is 0.121. The number of carboxylic acid groups (broad SMARTS) is 1. The number of esters is 2. The quantitative estimate of drug-likeness (QED) is 0.0190. The minimum atomic E-state index is -0.745. The minimum absolute atomic E-state index is 0.0178. The Morgan fingerprint density at radius 3 is 0.957 bits per heavy atom. The second kappa shape index (κ2) is 44.4. The Morgan fingerprint density at radius 1 is 0.422 bits per heavy atom. The number of carbonyl (C=O) groups is 7. The maximum atomic E-state index is 11.9. The summed E-state index contributed by atoms with van der Waals surface area (Å²) in [5.74, 6) is 4.69. The fourth-order valence-electron chi connectivity index (χ4n) is 9.87. The van der Waals surface area contributed by atoms with Crippen LogP contribution in [-0.4, -0.2) is 99.8 Å². The Labute approximate surface area is 666 Å². The molecule has 1 fully saturated rings. The summed E-state index contributed by atoms with van der Waals surface area (Å²) in [6.07, 6.45) is 8.18. The number of allylic oxidation sites excluding steroid dienone is 2. The molecule has 12 aromatic rings. The summed E-state index contributed by atoms with van der Waals surface area (Å²) >= 11 is 0. The highest BCUT2D eigenvalue weighted by atomic mass is 16.6. The number of aliphatic carboxylic acids is 1. The highest BCUT2D eigenvalue weighted by molar-refractivity contribution is 6.10. The number of ether oxygens (including phenoxy) is 4. The molecular formula is C91H80N4O21. The van der Waals surface area contributed by atoms with Crippen molar-refractivity contribution in [2.24, 2.45) is 15.0 Å². The number of ketones is 2. The van der Waals surface area contributed by atoms with E-state index in [1.807, 2.05) is 206 Å². The number of hydrogen-bond acceptors (Lipinski definition) is 23. The minimum Gasteiger partial charge on any atom is -0.504 e. The number of isocyanates is 1. The number of cyclic esters (lactones) is 3. The molecule has 25 heteroatoms.